The van der Waals surface area contributed by atoms with Crippen LogP contribution in [0.5, 0.6) is 0 Å². The monoisotopic (exact) mass is 323 g/mol. The Morgan fingerprint density at radius 2 is 1.91 bits per heavy atom. The van der Waals surface area contributed by atoms with Gasteiger partial charge in [-0.2, -0.15) is 0 Å². The van der Waals surface area contributed by atoms with Gasteiger partial charge in [-0.1, -0.05) is 11.6 Å². The van der Waals surface area contributed by atoms with Gasteiger partial charge in [-0.15, -0.1) is 0 Å². The average molecular weight is 324 g/mol. The number of aliphatic carboxylic acids is 1. The van der Waals surface area contributed by atoms with Crippen LogP contribution in [-0.4, -0.2) is 27.5 Å². The molecule has 1 aromatic carbocycles. The van der Waals surface area contributed by atoms with E-state index in [-0.39, 0.29) is 12.8 Å². The van der Waals surface area contributed by atoms with Gasteiger partial charge in [-0.25, -0.2) is 0 Å². The summed E-state index contributed by atoms with van der Waals surface area (Å²) in [6, 6.07) is 6.90. The highest BCUT2D eigenvalue weighted by atomic mass is 35.5. The highest BCUT2D eigenvalue weighted by Gasteiger charge is 2.14. The number of rotatable bonds is 4. The molecule has 2 aromatic rings. The van der Waals surface area contributed by atoms with Gasteiger partial charge in [-0.05, 0) is 24.3 Å². The van der Waals surface area contributed by atoms with E-state index in [1.807, 2.05) is 0 Å². The maximum atomic E-state index is 12.1. The largest absolute Gasteiger partial charge is 0.481 e. The summed E-state index contributed by atoms with van der Waals surface area (Å²) in [6.07, 6.45) is -0.505. The molecule has 0 aliphatic carbocycles. The van der Waals surface area contributed by atoms with E-state index in [2.05, 4.69) is 10.9 Å². The smallest absolute Gasteiger partial charge is 0.303 e. The number of halogens is 1. The zero-order valence-corrected chi connectivity index (χ0v) is 12.5. The SMILES string of the molecule is Cn1c(C(=O)NNC(=O)CCC(=O)O)cc2cc(Cl)ccc21. The van der Waals surface area contributed by atoms with Gasteiger partial charge >= 0.3 is 5.97 Å². The molecule has 0 radical (unpaired) electrons. The van der Waals surface area contributed by atoms with Gasteiger partial charge in [0.25, 0.3) is 5.91 Å². The Hall–Kier alpha value is -2.54. The number of nitrogens with one attached hydrogen (secondary N) is 2. The van der Waals surface area contributed by atoms with Gasteiger partial charge < -0.3 is 9.67 Å². The van der Waals surface area contributed by atoms with Gasteiger partial charge in [0.2, 0.25) is 5.91 Å². The number of aromatic nitrogens is 1. The van der Waals surface area contributed by atoms with Gasteiger partial charge in [0, 0.05) is 29.4 Å². The minimum Gasteiger partial charge on any atom is -0.481 e. The molecule has 0 saturated heterocycles. The quantitative estimate of drug-likeness (QED) is 0.741. The molecule has 116 valence electrons. The van der Waals surface area contributed by atoms with Gasteiger partial charge in [0.15, 0.2) is 0 Å². The van der Waals surface area contributed by atoms with Crippen LogP contribution in [0.3, 0.4) is 0 Å². The van der Waals surface area contributed by atoms with E-state index < -0.39 is 17.8 Å². The Morgan fingerprint density at radius 3 is 2.59 bits per heavy atom. The fraction of sp³-hybridized carbons (Fsp3) is 0.214. The third-order valence-corrected chi connectivity index (χ3v) is 3.35. The van der Waals surface area contributed by atoms with Crippen LogP contribution in [-0.2, 0) is 16.6 Å². The third kappa shape index (κ3) is 3.56. The lowest BCUT2D eigenvalue weighted by molar-refractivity contribution is -0.138. The number of hydrogen-bond acceptors (Lipinski definition) is 3. The summed E-state index contributed by atoms with van der Waals surface area (Å²) < 4.78 is 1.67. The van der Waals surface area contributed by atoms with Crippen LogP contribution in [0, 0.1) is 0 Å². The van der Waals surface area contributed by atoms with Crippen molar-refractivity contribution in [1.82, 2.24) is 15.4 Å². The van der Waals surface area contributed by atoms with E-state index >= 15 is 0 Å². The molecule has 0 spiro atoms. The van der Waals surface area contributed by atoms with Crippen LogP contribution in [0.25, 0.3) is 10.9 Å². The second-order valence-corrected chi connectivity index (χ2v) is 5.12. The normalized spacial score (nSPS) is 10.5. The molecule has 0 aliphatic heterocycles. The zero-order chi connectivity index (χ0) is 16.3. The van der Waals surface area contributed by atoms with Crippen molar-refractivity contribution in [2.24, 2.45) is 7.05 Å². The minimum absolute atomic E-state index is 0.208. The maximum Gasteiger partial charge on any atom is 0.303 e. The number of carbonyl (C=O) groups is 3. The maximum absolute atomic E-state index is 12.1. The number of carbonyl (C=O) groups excluding carboxylic acids is 2. The predicted molar refractivity (Wildman–Crippen MR) is 80.4 cm³/mol. The number of benzene rings is 1. The van der Waals surface area contributed by atoms with Crippen molar-refractivity contribution >= 4 is 40.3 Å². The second kappa shape index (κ2) is 6.48. The molecule has 0 unspecified atom stereocenters. The fourth-order valence-corrected chi connectivity index (χ4v) is 2.19. The molecule has 0 bridgehead atoms. The van der Waals surface area contributed by atoms with Gasteiger partial charge in [-0.3, -0.25) is 25.2 Å². The van der Waals surface area contributed by atoms with Crippen molar-refractivity contribution in [1.29, 1.82) is 0 Å². The first kappa shape index (κ1) is 15.8. The molecule has 0 fully saturated rings. The van der Waals surface area contributed by atoms with Gasteiger partial charge in [0.1, 0.15) is 5.69 Å². The summed E-state index contributed by atoms with van der Waals surface area (Å²) in [5.41, 5.74) is 5.60. The lowest BCUT2D eigenvalue weighted by Crippen LogP contribution is -2.42. The summed E-state index contributed by atoms with van der Waals surface area (Å²) in [4.78, 5) is 33.8. The molecule has 7 nitrogen and oxygen atoms in total. The number of carboxylic acid groups (broad SMARTS) is 1. The molecule has 22 heavy (non-hydrogen) atoms. The number of hydrogen-bond donors (Lipinski definition) is 3. The summed E-state index contributed by atoms with van der Waals surface area (Å²) in [7, 11) is 1.72. The molecule has 0 aliphatic rings. The topological polar surface area (TPSA) is 100 Å². The van der Waals surface area contributed by atoms with Crippen molar-refractivity contribution in [3.63, 3.8) is 0 Å². The predicted octanol–water partition coefficient (Wildman–Crippen LogP) is 1.46. The molecular weight excluding hydrogens is 310 g/mol. The molecular formula is C14H14ClN3O4. The number of carboxylic acids is 1. The Kier molecular flexibility index (Phi) is 4.67. The summed E-state index contributed by atoms with van der Waals surface area (Å²) >= 11 is 5.91. The molecule has 0 atom stereocenters. The van der Waals surface area contributed by atoms with Crippen LogP contribution in [0.1, 0.15) is 23.3 Å². The number of hydrazine groups is 1. The van der Waals surface area contributed by atoms with E-state index in [0.717, 1.165) is 10.9 Å². The summed E-state index contributed by atoms with van der Waals surface area (Å²) in [5.74, 6) is -2.15. The first-order valence-electron chi connectivity index (χ1n) is 6.44. The molecule has 0 saturated carbocycles. The van der Waals surface area contributed by atoms with Crippen LogP contribution in [0.4, 0.5) is 0 Å². The number of aryl methyl sites for hydroxylation is 1. The Morgan fingerprint density at radius 1 is 1.18 bits per heavy atom. The molecule has 2 rings (SSSR count). The first-order chi connectivity index (χ1) is 10.4. The van der Waals surface area contributed by atoms with Crippen molar-refractivity contribution in [2.75, 3.05) is 0 Å². The Labute approximate surface area is 130 Å². The number of nitrogens with zero attached hydrogens (tertiary/aromatic N) is 1. The van der Waals surface area contributed by atoms with Crippen molar-refractivity contribution in [3.8, 4) is 0 Å². The molecule has 8 heteroatoms. The molecule has 1 aromatic heterocycles. The highest BCUT2D eigenvalue weighted by molar-refractivity contribution is 6.31. The Bertz CT molecular complexity index is 754. The van der Waals surface area contributed by atoms with E-state index in [0.29, 0.717) is 10.7 Å². The second-order valence-electron chi connectivity index (χ2n) is 4.69. The molecule has 1 heterocycles. The van der Waals surface area contributed by atoms with E-state index in [9.17, 15) is 14.4 Å². The minimum atomic E-state index is -1.08. The number of fused-ring (bicyclic) bond motifs is 1. The number of amides is 2. The first-order valence-corrected chi connectivity index (χ1v) is 6.82. The van der Waals surface area contributed by atoms with Crippen LogP contribution in [0.15, 0.2) is 24.3 Å². The van der Waals surface area contributed by atoms with Crippen molar-refractivity contribution in [3.05, 3.63) is 35.0 Å². The van der Waals surface area contributed by atoms with E-state index in [1.165, 1.54) is 0 Å². The molecule has 2 amide bonds. The van der Waals surface area contributed by atoms with Crippen LogP contribution in [0.2, 0.25) is 5.02 Å². The lowest BCUT2D eigenvalue weighted by Gasteiger charge is -2.07. The van der Waals surface area contributed by atoms with E-state index in [1.54, 1.807) is 35.9 Å². The summed E-state index contributed by atoms with van der Waals surface area (Å²) in [5, 5.41) is 9.84. The van der Waals surface area contributed by atoms with Gasteiger partial charge in [0.05, 0.1) is 6.42 Å². The zero-order valence-electron chi connectivity index (χ0n) is 11.7. The standard InChI is InChI=1S/C14H14ClN3O4/c1-18-10-3-2-9(15)6-8(10)7-11(18)14(22)17-16-12(19)4-5-13(20)21/h2-3,6-7H,4-5H2,1H3,(H,16,19)(H,17,22)(H,20,21). The fourth-order valence-electron chi connectivity index (χ4n) is 2.01. The van der Waals surface area contributed by atoms with E-state index in [4.69, 9.17) is 16.7 Å². The summed E-state index contributed by atoms with van der Waals surface area (Å²) in [6.45, 7) is 0. The Balaban J connectivity index is 2.05. The highest BCUT2D eigenvalue weighted by Crippen LogP contribution is 2.22. The van der Waals surface area contributed by atoms with Crippen LogP contribution < -0.4 is 10.9 Å². The molecule has 3 N–H and O–H groups in total. The van der Waals surface area contributed by atoms with Crippen LogP contribution >= 0.6 is 11.6 Å². The average Bonchev–Trinajstić information content (AvgIpc) is 2.79. The lowest BCUT2D eigenvalue weighted by atomic mass is 10.2. The van der Waals surface area contributed by atoms with Crippen molar-refractivity contribution in [2.45, 2.75) is 12.8 Å². The van der Waals surface area contributed by atoms with Crippen molar-refractivity contribution < 1.29 is 19.5 Å². The third-order valence-electron chi connectivity index (χ3n) is 3.12.